The van der Waals surface area contributed by atoms with Crippen LogP contribution in [0.5, 0.6) is 0 Å². The minimum absolute atomic E-state index is 0.0309. The summed E-state index contributed by atoms with van der Waals surface area (Å²) >= 11 is 1.75. The summed E-state index contributed by atoms with van der Waals surface area (Å²) in [6, 6.07) is 8.28. The Bertz CT molecular complexity index is 409. The molecule has 1 aliphatic heterocycles. The molecule has 1 atom stereocenters. The first-order valence-electron chi connectivity index (χ1n) is 6.50. The summed E-state index contributed by atoms with van der Waals surface area (Å²) in [4.78, 5) is 12.2. The highest BCUT2D eigenvalue weighted by Gasteiger charge is 2.26. The molecule has 0 saturated carbocycles. The van der Waals surface area contributed by atoms with Crippen LogP contribution in [0.1, 0.15) is 23.3 Å². The van der Waals surface area contributed by atoms with Gasteiger partial charge in [-0.15, -0.1) is 11.8 Å². The van der Waals surface area contributed by atoms with Crippen molar-refractivity contribution >= 4 is 17.7 Å². The summed E-state index contributed by atoms with van der Waals surface area (Å²) in [6.07, 6.45) is 1.07. The minimum Gasteiger partial charge on any atom is -0.354 e. The van der Waals surface area contributed by atoms with Gasteiger partial charge in [0.15, 0.2) is 0 Å². The van der Waals surface area contributed by atoms with Crippen LogP contribution >= 0.6 is 11.8 Å². The van der Waals surface area contributed by atoms with Crippen molar-refractivity contribution in [3.8, 4) is 0 Å². The lowest BCUT2D eigenvalue weighted by Gasteiger charge is -2.24. The number of carbonyl (C=O) groups is 1. The zero-order valence-electron chi connectivity index (χ0n) is 10.7. The van der Waals surface area contributed by atoms with Crippen molar-refractivity contribution < 1.29 is 4.79 Å². The lowest BCUT2D eigenvalue weighted by atomic mass is 10.0. The van der Waals surface area contributed by atoms with Crippen LogP contribution < -0.4 is 10.6 Å². The maximum atomic E-state index is 12.2. The molecule has 98 valence electrons. The second-order valence-electron chi connectivity index (χ2n) is 4.34. The third-order valence-electron chi connectivity index (χ3n) is 3.08. The molecule has 3 nitrogen and oxygen atoms in total. The molecular formula is C14H20N2OS. The predicted molar refractivity (Wildman–Crippen MR) is 76.9 cm³/mol. The van der Waals surface area contributed by atoms with Crippen molar-refractivity contribution in [3.63, 3.8) is 0 Å². The van der Waals surface area contributed by atoms with Gasteiger partial charge >= 0.3 is 0 Å². The minimum atomic E-state index is -0.0309. The van der Waals surface area contributed by atoms with E-state index in [4.69, 9.17) is 0 Å². The Morgan fingerprint density at radius 1 is 1.39 bits per heavy atom. The molecule has 18 heavy (non-hydrogen) atoms. The SMILES string of the molecule is CCNCCNC(=O)C1SCCc2ccccc21. The summed E-state index contributed by atoms with van der Waals surface area (Å²) in [5, 5.41) is 6.18. The number of carbonyl (C=O) groups excluding carboxylic acids is 1. The van der Waals surface area contributed by atoms with Crippen LogP contribution in [0.2, 0.25) is 0 Å². The number of fused-ring (bicyclic) bond motifs is 1. The Kier molecular flexibility index (Phi) is 5.08. The number of thioether (sulfide) groups is 1. The topological polar surface area (TPSA) is 41.1 Å². The molecule has 0 aliphatic carbocycles. The fourth-order valence-corrected chi connectivity index (χ4v) is 3.37. The van der Waals surface area contributed by atoms with Gasteiger partial charge in [0.25, 0.3) is 0 Å². The smallest absolute Gasteiger partial charge is 0.237 e. The Balaban J connectivity index is 1.95. The van der Waals surface area contributed by atoms with Crippen LogP contribution in [-0.4, -0.2) is 31.3 Å². The number of benzene rings is 1. The highest BCUT2D eigenvalue weighted by Crippen LogP contribution is 2.36. The Morgan fingerprint density at radius 3 is 3.06 bits per heavy atom. The standard InChI is InChI=1S/C14H20N2OS/c1-2-15-8-9-16-14(17)13-12-6-4-3-5-11(12)7-10-18-13/h3-6,13,15H,2,7-10H2,1H3,(H,16,17). The van der Waals surface area contributed by atoms with E-state index in [0.717, 1.165) is 25.3 Å². The van der Waals surface area contributed by atoms with Crippen molar-refractivity contribution in [2.75, 3.05) is 25.4 Å². The van der Waals surface area contributed by atoms with E-state index in [-0.39, 0.29) is 11.2 Å². The number of hydrogen-bond acceptors (Lipinski definition) is 3. The van der Waals surface area contributed by atoms with Crippen LogP contribution in [0.4, 0.5) is 0 Å². The zero-order chi connectivity index (χ0) is 12.8. The van der Waals surface area contributed by atoms with Crippen LogP contribution in [-0.2, 0) is 11.2 Å². The number of nitrogens with one attached hydrogen (secondary N) is 2. The van der Waals surface area contributed by atoms with Crippen molar-refractivity contribution in [2.45, 2.75) is 18.6 Å². The molecule has 1 unspecified atom stereocenters. The third-order valence-corrected chi connectivity index (χ3v) is 4.32. The molecule has 1 amide bonds. The van der Waals surface area contributed by atoms with Gasteiger partial charge < -0.3 is 10.6 Å². The lowest BCUT2D eigenvalue weighted by molar-refractivity contribution is -0.120. The molecule has 1 aromatic carbocycles. The van der Waals surface area contributed by atoms with Gasteiger partial charge in [0, 0.05) is 13.1 Å². The molecule has 0 fully saturated rings. The largest absolute Gasteiger partial charge is 0.354 e. The van der Waals surface area contributed by atoms with E-state index in [0.29, 0.717) is 6.54 Å². The summed E-state index contributed by atoms with van der Waals surface area (Å²) in [7, 11) is 0. The number of likely N-dealkylation sites (N-methyl/N-ethyl adjacent to an activating group) is 1. The molecule has 2 rings (SSSR count). The van der Waals surface area contributed by atoms with Gasteiger partial charge in [-0.3, -0.25) is 4.79 Å². The molecule has 0 radical (unpaired) electrons. The van der Waals surface area contributed by atoms with Gasteiger partial charge in [-0.25, -0.2) is 0 Å². The highest BCUT2D eigenvalue weighted by molar-refractivity contribution is 8.00. The van der Waals surface area contributed by atoms with E-state index < -0.39 is 0 Å². The van der Waals surface area contributed by atoms with Crippen molar-refractivity contribution in [1.29, 1.82) is 0 Å². The average molecular weight is 264 g/mol. The highest BCUT2D eigenvalue weighted by atomic mass is 32.2. The Morgan fingerprint density at radius 2 is 2.22 bits per heavy atom. The molecule has 1 aliphatic rings. The maximum Gasteiger partial charge on any atom is 0.237 e. The molecule has 0 saturated heterocycles. The van der Waals surface area contributed by atoms with Gasteiger partial charge in [0.1, 0.15) is 5.25 Å². The quantitative estimate of drug-likeness (QED) is 0.796. The fourth-order valence-electron chi connectivity index (χ4n) is 2.15. The predicted octanol–water partition coefficient (Wildman–Crippen LogP) is 1.74. The summed E-state index contributed by atoms with van der Waals surface area (Å²) < 4.78 is 0. The van der Waals surface area contributed by atoms with Crippen molar-refractivity contribution in [2.24, 2.45) is 0 Å². The normalized spacial score (nSPS) is 18.2. The molecule has 0 bridgehead atoms. The van der Waals surface area contributed by atoms with Crippen molar-refractivity contribution in [1.82, 2.24) is 10.6 Å². The van der Waals surface area contributed by atoms with E-state index in [1.165, 1.54) is 11.1 Å². The van der Waals surface area contributed by atoms with Crippen molar-refractivity contribution in [3.05, 3.63) is 35.4 Å². The lowest BCUT2D eigenvalue weighted by Crippen LogP contribution is -2.35. The summed E-state index contributed by atoms with van der Waals surface area (Å²) in [6.45, 7) is 4.54. The van der Waals surface area contributed by atoms with Crippen LogP contribution in [0.3, 0.4) is 0 Å². The second-order valence-corrected chi connectivity index (χ2v) is 5.56. The van der Waals surface area contributed by atoms with Gasteiger partial charge in [-0.1, -0.05) is 31.2 Å². The number of rotatable bonds is 5. The number of hydrogen-bond donors (Lipinski definition) is 2. The molecule has 0 spiro atoms. The zero-order valence-corrected chi connectivity index (χ0v) is 11.6. The van der Waals surface area contributed by atoms with Gasteiger partial charge in [-0.2, -0.15) is 0 Å². The maximum absolute atomic E-state index is 12.2. The first-order chi connectivity index (χ1) is 8.83. The van der Waals surface area contributed by atoms with E-state index >= 15 is 0 Å². The first-order valence-corrected chi connectivity index (χ1v) is 7.55. The monoisotopic (exact) mass is 264 g/mol. The summed E-state index contributed by atoms with van der Waals surface area (Å²) in [5.74, 6) is 1.17. The van der Waals surface area contributed by atoms with E-state index in [1.807, 2.05) is 6.07 Å². The molecule has 4 heteroatoms. The van der Waals surface area contributed by atoms with Gasteiger partial charge in [0.2, 0.25) is 5.91 Å². The molecule has 0 aromatic heterocycles. The van der Waals surface area contributed by atoms with Crippen LogP contribution in [0.25, 0.3) is 0 Å². The van der Waals surface area contributed by atoms with Crippen LogP contribution in [0, 0.1) is 0 Å². The Labute approximate surface area is 113 Å². The van der Waals surface area contributed by atoms with Gasteiger partial charge in [0.05, 0.1) is 0 Å². The molecule has 1 heterocycles. The fraction of sp³-hybridized carbons (Fsp3) is 0.500. The molecular weight excluding hydrogens is 244 g/mol. The molecule has 1 aromatic rings. The van der Waals surface area contributed by atoms with E-state index in [2.05, 4.69) is 35.8 Å². The Hall–Kier alpha value is -1.00. The van der Waals surface area contributed by atoms with E-state index in [1.54, 1.807) is 11.8 Å². The van der Waals surface area contributed by atoms with Gasteiger partial charge in [-0.05, 0) is 29.8 Å². The number of aryl methyl sites for hydroxylation is 1. The molecule has 2 N–H and O–H groups in total. The third kappa shape index (κ3) is 3.27. The average Bonchev–Trinajstić information content (AvgIpc) is 2.43. The van der Waals surface area contributed by atoms with E-state index in [9.17, 15) is 4.79 Å². The first kappa shape index (κ1) is 13.4. The second kappa shape index (κ2) is 6.81. The summed E-state index contributed by atoms with van der Waals surface area (Å²) in [5.41, 5.74) is 2.51. The number of amides is 1. The van der Waals surface area contributed by atoms with Crippen LogP contribution in [0.15, 0.2) is 24.3 Å².